The number of anilines is 2. The first-order chi connectivity index (χ1) is 23.2. The third-order valence-electron chi connectivity index (χ3n) is 8.15. The van der Waals surface area contributed by atoms with Crippen molar-refractivity contribution in [2.24, 2.45) is 0 Å². The molecule has 2 aromatic carbocycles. The van der Waals surface area contributed by atoms with E-state index in [2.05, 4.69) is 63.2 Å². The van der Waals surface area contributed by atoms with Crippen LogP contribution in [0.15, 0.2) is 48.5 Å². The lowest BCUT2D eigenvalue weighted by Crippen LogP contribution is -2.22. The number of fused-ring (bicyclic) bond motifs is 2. The van der Waals surface area contributed by atoms with Gasteiger partial charge in [-0.15, -0.1) is 19.5 Å². The van der Waals surface area contributed by atoms with Crippen molar-refractivity contribution in [3.8, 4) is 22.8 Å². The molecule has 49 heavy (non-hydrogen) atoms. The third-order valence-corrected chi connectivity index (χ3v) is 8.15. The summed E-state index contributed by atoms with van der Waals surface area (Å²) in [4.78, 5) is 32.6. The SMILES string of the molecule is CCCC(=O)Nc1ccc(-c2nc3/c(=C\c4c(C(C)(C)C)nn5nc(-c6ccc(NC(=O)CCC)cc6)[nH]c45)c(C(C)(C)C)nn3n2)cc1. The average Bonchev–Trinajstić information content (AvgIpc) is 3.79. The average molecular weight is 661 g/mol. The van der Waals surface area contributed by atoms with Crippen molar-refractivity contribution in [2.45, 2.75) is 91.9 Å². The van der Waals surface area contributed by atoms with E-state index in [1.54, 1.807) is 9.26 Å². The summed E-state index contributed by atoms with van der Waals surface area (Å²) >= 11 is 0. The number of aromatic amines is 1. The number of benzene rings is 2. The maximum atomic E-state index is 12.1. The molecule has 12 heteroatoms. The summed E-state index contributed by atoms with van der Waals surface area (Å²) in [6.07, 6.45) is 4.65. The molecule has 0 unspecified atom stereocenters. The van der Waals surface area contributed by atoms with Crippen LogP contribution in [0.3, 0.4) is 0 Å². The molecule has 0 radical (unpaired) electrons. The van der Waals surface area contributed by atoms with Crippen LogP contribution in [-0.4, -0.2) is 51.4 Å². The molecular weight excluding hydrogens is 616 g/mol. The molecule has 2 amide bonds. The van der Waals surface area contributed by atoms with Crippen LogP contribution in [-0.2, 0) is 20.4 Å². The van der Waals surface area contributed by atoms with Gasteiger partial charge >= 0.3 is 0 Å². The fourth-order valence-corrected chi connectivity index (χ4v) is 5.73. The fourth-order valence-electron chi connectivity index (χ4n) is 5.73. The number of rotatable bonds is 9. The molecule has 0 aliphatic rings. The van der Waals surface area contributed by atoms with Gasteiger partial charge in [-0.2, -0.15) is 10.2 Å². The van der Waals surface area contributed by atoms with Crippen LogP contribution in [0.25, 0.3) is 40.1 Å². The summed E-state index contributed by atoms with van der Waals surface area (Å²) in [6, 6.07) is 15.1. The lowest BCUT2D eigenvalue weighted by atomic mass is 9.88. The van der Waals surface area contributed by atoms with Crippen molar-refractivity contribution in [2.75, 3.05) is 10.6 Å². The Balaban J connectivity index is 1.43. The molecule has 0 bridgehead atoms. The quantitative estimate of drug-likeness (QED) is 0.162. The topological polar surface area (TPSA) is 147 Å². The van der Waals surface area contributed by atoms with E-state index in [-0.39, 0.29) is 22.6 Å². The summed E-state index contributed by atoms with van der Waals surface area (Å²) in [7, 11) is 0. The van der Waals surface area contributed by atoms with Gasteiger partial charge in [-0.1, -0.05) is 55.4 Å². The zero-order valence-corrected chi connectivity index (χ0v) is 29.5. The predicted octanol–water partition coefficient (Wildman–Crippen LogP) is 6.45. The van der Waals surface area contributed by atoms with Crippen molar-refractivity contribution in [1.29, 1.82) is 0 Å². The minimum absolute atomic E-state index is 0.00200. The van der Waals surface area contributed by atoms with Crippen LogP contribution in [0, 0.1) is 0 Å². The van der Waals surface area contributed by atoms with Crippen molar-refractivity contribution in [3.63, 3.8) is 0 Å². The zero-order valence-electron chi connectivity index (χ0n) is 29.5. The number of aromatic nitrogens is 8. The number of nitrogens with one attached hydrogen (secondary N) is 3. The van der Waals surface area contributed by atoms with Gasteiger partial charge in [-0.25, -0.2) is 4.98 Å². The normalized spacial score (nSPS) is 12.7. The molecule has 0 aliphatic carbocycles. The molecule has 254 valence electrons. The Morgan fingerprint density at radius 2 is 1.24 bits per heavy atom. The second kappa shape index (κ2) is 12.9. The molecule has 0 atom stereocenters. The van der Waals surface area contributed by atoms with Gasteiger partial charge in [0, 0.05) is 57.0 Å². The van der Waals surface area contributed by atoms with Crippen LogP contribution in [0.2, 0.25) is 0 Å². The largest absolute Gasteiger partial charge is 0.326 e. The summed E-state index contributed by atoms with van der Waals surface area (Å²) < 4.78 is 3.26. The highest BCUT2D eigenvalue weighted by atomic mass is 16.2. The first-order valence-electron chi connectivity index (χ1n) is 16.8. The van der Waals surface area contributed by atoms with Gasteiger partial charge in [0.15, 0.2) is 22.9 Å². The van der Waals surface area contributed by atoms with Gasteiger partial charge in [-0.3, -0.25) is 9.59 Å². The first-order valence-corrected chi connectivity index (χ1v) is 16.8. The number of hydrogen-bond acceptors (Lipinski definition) is 7. The van der Waals surface area contributed by atoms with Gasteiger partial charge in [0.1, 0.15) is 0 Å². The minimum Gasteiger partial charge on any atom is -0.326 e. The molecule has 0 fully saturated rings. The van der Waals surface area contributed by atoms with Gasteiger partial charge in [0.25, 0.3) is 0 Å². The standard InChI is InChI=1S/C37H44N10O2/c1-9-11-28(48)38-24-17-13-22(14-18-24)32-40-34-26(30(36(3,4)5)42-46(34)44-32)21-27-31(37(6,7)8)43-47-35(27)41-33(45-47)23-15-19-25(20-16-23)39-29(49)12-10-2/h13-21H,9-12H2,1-8H3,(H,38,48)(H,39,49)(H,40,44)/b27-21-. The third kappa shape index (κ3) is 6.94. The van der Waals surface area contributed by atoms with Crippen molar-refractivity contribution >= 4 is 40.6 Å². The van der Waals surface area contributed by atoms with Gasteiger partial charge < -0.3 is 15.6 Å². The van der Waals surface area contributed by atoms with E-state index in [0.29, 0.717) is 30.1 Å². The Morgan fingerprint density at radius 1 is 0.714 bits per heavy atom. The predicted molar refractivity (Wildman–Crippen MR) is 192 cm³/mol. The molecule has 6 rings (SSSR count). The molecule has 12 nitrogen and oxygen atoms in total. The van der Waals surface area contributed by atoms with E-state index in [0.717, 1.165) is 63.2 Å². The fraction of sp³-hybridized carbons (Fsp3) is 0.378. The Labute approximate surface area is 285 Å². The lowest BCUT2D eigenvalue weighted by Gasteiger charge is -2.17. The van der Waals surface area contributed by atoms with Gasteiger partial charge in [0.2, 0.25) is 11.8 Å². The molecule has 0 aliphatic heterocycles. The Kier molecular flexibility index (Phi) is 8.82. The lowest BCUT2D eigenvalue weighted by molar-refractivity contribution is -0.117. The molecule has 6 aromatic rings. The first kappa shape index (κ1) is 33.5. The monoisotopic (exact) mass is 660 g/mol. The van der Waals surface area contributed by atoms with Crippen LogP contribution in [0.4, 0.5) is 11.4 Å². The molecular formula is C37H44N10O2. The molecule has 0 spiro atoms. The van der Waals surface area contributed by atoms with Crippen LogP contribution >= 0.6 is 0 Å². The second-order valence-corrected chi connectivity index (χ2v) is 14.5. The number of carbonyl (C=O) groups is 2. The van der Waals surface area contributed by atoms with E-state index in [1.165, 1.54) is 0 Å². The number of H-pyrrole nitrogens is 1. The maximum Gasteiger partial charge on any atom is 0.224 e. The number of carbonyl (C=O) groups excluding carboxylic acids is 2. The van der Waals surface area contributed by atoms with E-state index in [9.17, 15) is 9.59 Å². The Bertz CT molecular complexity index is 2190. The van der Waals surface area contributed by atoms with Crippen LogP contribution in [0.5, 0.6) is 0 Å². The van der Waals surface area contributed by atoms with E-state index in [1.807, 2.05) is 62.4 Å². The second-order valence-electron chi connectivity index (χ2n) is 14.5. The Morgan fingerprint density at radius 3 is 1.78 bits per heavy atom. The summed E-state index contributed by atoms with van der Waals surface area (Å²) in [5.41, 5.74) is 6.61. The van der Waals surface area contributed by atoms with E-state index < -0.39 is 0 Å². The smallest absolute Gasteiger partial charge is 0.224 e. The molecule has 0 saturated heterocycles. The number of nitrogens with zero attached hydrogens (tertiary/aromatic N) is 7. The summed E-state index contributed by atoms with van der Waals surface area (Å²) in [6.45, 7) is 16.7. The minimum atomic E-state index is -0.297. The number of amides is 2. The molecule has 0 saturated carbocycles. The highest BCUT2D eigenvalue weighted by molar-refractivity contribution is 5.91. The van der Waals surface area contributed by atoms with Crippen molar-refractivity contribution in [3.05, 3.63) is 70.7 Å². The highest BCUT2D eigenvalue weighted by Crippen LogP contribution is 2.30. The van der Waals surface area contributed by atoms with Gasteiger partial charge in [-0.05, 0) is 67.4 Å². The molecule has 4 heterocycles. The summed E-state index contributed by atoms with van der Waals surface area (Å²) in [5, 5.41) is 26.2. The van der Waals surface area contributed by atoms with Crippen molar-refractivity contribution < 1.29 is 9.59 Å². The van der Waals surface area contributed by atoms with Crippen LogP contribution < -0.4 is 15.9 Å². The number of hydrogen-bond donors (Lipinski definition) is 3. The van der Waals surface area contributed by atoms with E-state index in [4.69, 9.17) is 25.4 Å². The maximum absolute atomic E-state index is 12.1. The Hall–Kier alpha value is -5.39. The summed E-state index contributed by atoms with van der Waals surface area (Å²) in [5.74, 6) is 1.19. The van der Waals surface area contributed by atoms with Gasteiger partial charge in [0.05, 0.1) is 11.4 Å². The van der Waals surface area contributed by atoms with E-state index >= 15 is 0 Å². The highest BCUT2D eigenvalue weighted by Gasteiger charge is 2.28. The molecule has 3 N–H and O–H groups in total. The van der Waals surface area contributed by atoms with Crippen molar-refractivity contribution in [1.82, 2.24) is 39.6 Å². The van der Waals surface area contributed by atoms with Crippen LogP contribution in [0.1, 0.15) is 98.0 Å². The molecule has 4 aromatic heterocycles. The zero-order chi connectivity index (χ0) is 35.1.